The first-order chi connectivity index (χ1) is 8.52. The maximum Gasteiger partial charge on any atom is 0.326 e. The average molecular weight is 277 g/mol. The topological polar surface area (TPSA) is 81.7 Å². The fourth-order valence-electron chi connectivity index (χ4n) is 1.35. The standard InChI is InChI=1S/C11H23N3O3S/c1-12-6-4-7-14(2)11(17)13-9(10(15)16)5-8-18-3/h9,12H,4-8H2,1-3H3,(H,13,17)(H,15,16)/t9-/m1/s1. The van der Waals surface area contributed by atoms with E-state index in [4.69, 9.17) is 5.11 Å². The average Bonchev–Trinajstić information content (AvgIpc) is 2.33. The molecule has 0 spiro atoms. The molecule has 0 rings (SSSR count). The second kappa shape index (κ2) is 10.0. The monoisotopic (exact) mass is 277 g/mol. The highest BCUT2D eigenvalue weighted by atomic mass is 32.2. The molecule has 0 saturated carbocycles. The molecular formula is C11H23N3O3S. The Hall–Kier alpha value is -0.950. The van der Waals surface area contributed by atoms with Gasteiger partial charge in [-0.05, 0) is 38.4 Å². The predicted molar refractivity (Wildman–Crippen MR) is 74.1 cm³/mol. The van der Waals surface area contributed by atoms with Crippen LogP contribution in [0.15, 0.2) is 0 Å². The van der Waals surface area contributed by atoms with Gasteiger partial charge in [0.1, 0.15) is 6.04 Å². The Bertz CT molecular complexity index is 264. The number of carboxylic acids is 1. The minimum absolute atomic E-state index is 0.334. The number of carbonyl (C=O) groups is 2. The molecule has 0 aromatic heterocycles. The van der Waals surface area contributed by atoms with E-state index < -0.39 is 12.0 Å². The molecule has 0 aliphatic heterocycles. The van der Waals surface area contributed by atoms with Crippen LogP contribution in [-0.2, 0) is 4.79 Å². The van der Waals surface area contributed by atoms with Gasteiger partial charge in [0.25, 0.3) is 0 Å². The number of carboxylic acid groups (broad SMARTS) is 1. The summed E-state index contributed by atoms with van der Waals surface area (Å²) in [4.78, 5) is 24.2. The lowest BCUT2D eigenvalue weighted by Crippen LogP contribution is -2.47. The molecule has 6 nitrogen and oxygen atoms in total. The van der Waals surface area contributed by atoms with Crippen LogP contribution in [0.1, 0.15) is 12.8 Å². The normalized spacial score (nSPS) is 11.9. The fourth-order valence-corrected chi connectivity index (χ4v) is 1.82. The van der Waals surface area contributed by atoms with Crippen LogP contribution in [0.4, 0.5) is 4.79 Å². The van der Waals surface area contributed by atoms with Crippen LogP contribution in [0.5, 0.6) is 0 Å². The van der Waals surface area contributed by atoms with E-state index in [1.165, 1.54) is 4.90 Å². The number of rotatable bonds is 9. The Labute approximate surface area is 112 Å². The van der Waals surface area contributed by atoms with Gasteiger partial charge in [0.15, 0.2) is 0 Å². The van der Waals surface area contributed by atoms with E-state index in [0.29, 0.717) is 18.7 Å². The summed E-state index contributed by atoms with van der Waals surface area (Å²) in [5.41, 5.74) is 0. The minimum Gasteiger partial charge on any atom is -0.480 e. The van der Waals surface area contributed by atoms with Crippen molar-refractivity contribution < 1.29 is 14.7 Å². The van der Waals surface area contributed by atoms with Crippen LogP contribution >= 0.6 is 11.8 Å². The molecule has 106 valence electrons. The van der Waals surface area contributed by atoms with Crippen molar-refractivity contribution in [2.24, 2.45) is 0 Å². The zero-order valence-electron chi connectivity index (χ0n) is 11.2. The molecule has 0 saturated heterocycles. The first kappa shape index (κ1) is 17.1. The van der Waals surface area contributed by atoms with Crippen LogP contribution in [0.25, 0.3) is 0 Å². The molecule has 0 heterocycles. The van der Waals surface area contributed by atoms with Crippen molar-refractivity contribution in [3.63, 3.8) is 0 Å². The molecule has 7 heteroatoms. The predicted octanol–water partition coefficient (Wildman–Crippen LogP) is 0.444. The van der Waals surface area contributed by atoms with Gasteiger partial charge in [-0.1, -0.05) is 0 Å². The Balaban J connectivity index is 4.10. The second-order valence-corrected chi connectivity index (χ2v) is 4.99. The van der Waals surface area contributed by atoms with Crippen molar-refractivity contribution in [3.05, 3.63) is 0 Å². The van der Waals surface area contributed by atoms with E-state index in [1.807, 2.05) is 13.3 Å². The van der Waals surface area contributed by atoms with Crippen molar-refractivity contribution in [2.45, 2.75) is 18.9 Å². The summed E-state index contributed by atoms with van der Waals surface area (Å²) in [6, 6.07) is -1.14. The number of aliphatic carboxylic acids is 1. The van der Waals surface area contributed by atoms with E-state index in [0.717, 1.165) is 13.0 Å². The number of hydrogen-bond acceptors (Lipinski definition) is 4. The third kappa shape index (κ3) is 7.39. The molecule has 18 heavy (non-hydrogen) atoms. The first-order valence-electron chi connectivity index (χ1n) is 5.90. The summed E-state index contributed by atoms with van der Waals surface area (Å²) >= 11 is 1.56. The number of nitrogens with one attached hydrogen (secondary N) is 2. The number of carbonyl (C=O) groups excluding carboxylic acids is 1. The van der Waals surface area contributed by atoms with E-state index in [1.54, 1.807) is 18.8 Å². The highest BCUT2D eigenvalue weighted by Crippen LogP contribution is 2.02. The lowest BCUT2D eigenvalue weighted by atomic mass is 10.2. The highest BCUT2D eigenvalue weighted by Gasteiger charge is 2.20. The van der Waals surface area contributed by atoms with Gasteiger partial charge in [-0.3, -0.25) is 0 Å². The van der Waals surface area contributed by atoms with Crippen molar-refractivity contribution >= 4 is 23.8 Å². The van der Waals surface area contributed by atoms with Crippen LogP contribution < -0.4 is 10.6 Å². The van der Waals surface area contributed by atoms with Gasteiger partial charge in [0.2, 0.25) is 0 Å². The molecule has 3 N–H and O–H groups in total. The molecule has 0 aliphatic rings. The zero-order chi connectivity index (χ0) is 14.0. The van der Waals surface area contributed by atoms with Gasteiger partial charge in [-0.15, -0.1) is 0 Å². The van der Waals surface area contributed by atoms with Crippen LogP contribution in [0.2, 0.25) is 0 Å². The minimum atomic E-state index is -0.985. The summed E-state index contributed by atoms with van der Waals surface area (Å²) in [5.74, 6) is -0.276. The third-order valence-electron chi connectivity index (χ3n) is 2.47. The maximum absolute atomic E-state index is 11.7. The van der Waals surface area contributed by atoms with Crippen molar-refractivity contribution in [1.29, 1.82) is 0 Å². The quantitative estimate of drug-likeness (QED) is 0.533. The van der Waals surface area contributed by atoms with Gasteiger partial charge in [-0.2, -0.15) is 11.8 Å². The van der Waals surface area contributed by atoms with Crippen LogP contribution in [0.3, 0.4) is 0 Å². The molecule has 0 aromatic rings. The maximum atomic E-state index is 11.7. The smallest absolute Gasteiger partial charge is 0.326 e. The second-order valence-electron chi connectivity index (χ2n) is 4.00. The van der Waals surface area contributed by atoms with Crippen LogP contribution in [0, 0.1) is 0 Å². The lowest BCUT2D eigenvalue weighted by molar-refractivity contribution is -0.139. The number of hydrogen-bond donors (Lipinski definition) is 3. The number of urea groups is 1. The molecule has 2 amide bonds. The van der Waals surface area contributed by atoms with Crippen molar-refractivity contribution in [3.8, 4) is 0 Å². The summed E-state index contributed by atoms with van der Waals surface area (Å²) in [7, 11) is 3.52. The summed E-state index contributed by atoms with van der Waals surface area (Å²) in [6.07, 6.45) is 3.18. The lowest BCUT2D eigenvalue weighted by Gasteiger charge is -2.21. The molecule has 0 radical (unpaired) electrons. The van der Waals surface area contributed by atoms with Gasteiger partial charge >= 0.3 is 12.0 Å². The molecular weight excluding hydrogens is 254 g/mol. The third-order valence-corrected chi connectivity index (χ3v) is 3.12. The van der Waals surface area contributed by atoms with E-state index in [-0.39, 0.29) is 6.03 Å². The first-order valence-corrected chi connectivity index (χ1v) is 7.30. The van der Waals surface area contributed by atoms with E-state index >= 15 is 0 Å². The number of nitrogens with zero attached hydrogens (tertiary/aromatic N) is 1. The summed E-state index contributed by atoms with van der Waals surface area (Å²) < 4.78 is 0. The summed E-state index contributed by atoms with van der Waals surface area (Å²) in [5, 5.41) is 14.5. The highest BCUT2D eigenvalue weighted by molar-refractivity contribution is 7.98. The fraction of sp³-hybridized carbons (Fsp3) is 0.818. The van der Waals surface area contributed by atoms with Gasteiger partial charge in [-0.25, -0.2) is 9.59 Å². The Morgan fingerprint density at radius 1 is 1.44 bits per heavy atom. The van der Waals surface area contributed by atoms with Crippen molar-refractivity contribution in [2.75, 3.05) is 39.2 Å². The molecule has 1 atom stereocenters. The number of thioether (sulfide) groups is 1. The van der Waals surface area contributed by atoms with Gasteiger partial charge < -0.3 is 20.6 Å². The van der Waals surface area contributed by atoms with E-state index in [2.05, 4.69) is 10.6 Å². The largest absolute Gasteiger partial charge is 0.480 e. The Kier molecular flexibility index (Phi) is 9.49. The molecule has 0 bridgehead atoms. The van der Waals surface area contributed by atoms with Crippen LogP contribution in [-0.4, -0.2) is 67.2 Å². The zero-order valence-corrected chi connectivity index (χ0v) is 12.0. The van der Waals surface area contributed by atoms with Gasteiger partial charge in [0, 0.05) is 13.6 Å². The molecule has 0 fully saturated rings. The molecule has 0 aliphatic carbocycles. The van der Waals surface area contributed by atoms with E-state index in [9.17, 15) is 9.59 Å². The van der Waals surface area contributed by atoms with Gasteiger partial charge in [0.05, 0.1) is 0 Å². The Morgan fingerprint density at radius 2 is 2.11 bits per heavy atom. The molecule has 0 unspecified atom stereocenters. The van der Waals surface area contributed by atoms with Crippen molar-refractivity contribution in [1.82, 2.24) is 15.5 Å². The molecule has 0 aromatic carbocycles. The SMILES string of the molecule is CNCCCN(C)C(=O)N[C@H](CCSC)C(=O)O. The number of amides is 2. The Morgan fingerprint density at radius 3 is 2.61 bits per heavy atom. The summed E-state index contributed by atoms with van der Waals surface area (Å²) in [6.45, 7) is 1.42.